The molecule has 0 spiro atoms. The molecule has 180 valence electrons. The Labute approximate surface area is 200 Å². The minimum atomic E-state index is -4.51. The van der Waals surface area contributed by atoms with E-state index in [2.05, 4.69) is 53.1 Å². The molecule has 0 bridgehead atoms. The highest BCUT2D eigenvalue weighted by Gasteiger charge is 2.31. The first-order chi connectivity index (χ1) is 16.1. The highest BCUT2D eigenvalue weighted by molar-refractivity contribution is 6.33. The summed E-state index contributed by atoms with van der Waals surface area (Å²) in [5.41, 5.74) is 1.55. The van der Waals surface area contributed by atoms with Crippen molar-refractivity contribution in [1.82, 2.24) is 19.7 Å². The van der Waals surface area contributed by atoms with Gasteiger partial charge in [-0.15, -0.1) is 0 Å². The van der Waals surface area contributed by atoms with E-state index in [-0.39, 0.29) is 10.8 Å². The van der Waals surface area contributed by atoms with Crippen LogP contribution in [0.25, 0.3) is 5.82 Å². The molecule has 34 heavy (non-hydrogen) atoms. The van der Waals surface area contributed by atoms with Crippen LogP contribution in [0.5, 0.6) is 0 Å². The maximum atomic E-state index is 12.8. The molecule has 6 nitrogen and oxygen atoms in total. The number of alkyl halides is 3. The van der Waals surface area contributed by atoms with Crippen LogP contribution < -0.4 is 10.5 Å². The van der Waals surface area contributed by atoms with Gasteiger partial charge in [0.2, 0.25) is 0 Å². The molecule has 0 unspecified atom stereocenters. The Kier molecular flexibility index (Phi) is 6.95. The Balaban J connectivity index is 1.42. The van der Waals surface area contributed by atoms with Crippen LogP contribution in [0.1, 0.15) is 36.5 Å². The molecule has 1 aromatic carbocycles. The van der Waals surface area contributed by atoms with Gasteiger partial charge in [-0.05, 0) is 29.2 Å². The van der Waals surface area contributed by atoms with Crippen molar-refractivity contribution < 1.29 is 13.2 Å². The van der Waals surface area contributed by atoms with Gasteiger partial charge in [-0.25, -0.2) is 4.98 Å². The van der Waals surface area contributed by atoms with Gasteiger partial charge in [0.1, 0.15) is 5.02 Å². The molecule has 1 saturated heterocycles. The molecule has 0 N–H and O–H groups in total. The number of nitrogens with zero attached hydrogens (tertiary/aromatic N) is 5. The third kappa shape index (κ3) is 5.26. The lowest BCUT2D eigenvalue weighted by Crippen LogP contribution is -2.46. The van der Waals surface area contributed by atoms with E-state index < -0.39 is 17.3 Å². The molecular formula is C24H25ClF3N5O. The van der Waals surface area contributed by atoms with Gasteiger partial charge in [0.05, 0.1) is 17.4 Å². The molecule has 4 rings (SSSR count). The molecule has 1 aliphatic heterocycles. The summed E-state index contributed by atoms with van der Waals surface area (Å²) < 4.78 is 39.2. The van der Waals surface area contributed by atoms with Gasteiger partial charge in [-0.1, -0.05) is 49.7 Å². The Morgan fingerprint density at radius 1 is 1.00 bits per heavy atom. The van der Waals surface area contributed by atoms with Crippen LogP contribution in [0.3, 0.4) is 0 Å². The fourth-order valence-corrected chi connectivity index (χ4v) is 4.15. The number of hydrogen-bond donors (Lipinski definition) is 0. The summed E-state index contributed by atoms with van der Waals surface area (Å²) in [4.78, 5) is 20.8. The zero-order valence-corrected chi connectivity index (χ0v) is 19.6. The van der Waals surface area contributed by atoms with Gasteiger partial charge in [0.25, 0.3) is 5.56 Å². The average molecular weight is 492 g/mol. The van der Waals surface area contributed by atoms with Crippen LogP contribution in [0.15, 0.2) is 53.6 Å². The summed E-state index contributed by atoms with van der Waals surface area (Å²) in [6.45, 7) is 8.14. The minimum Gasteiger partial charge on any atom is -0.366 e. The molecule has 10 heteroatoms. The fraction of sp³-hybridized carbons (Fsp3) is 0.375. The molecular weight excluding hydrogens is 467 g/mol. The van der Waals surface area contributed by atoms with E-state index in [9.17, 15) is 18.0 Å². The number of halogens is 4. The zero-order valence-electron chi connectivity index (χ0n) is 18.9. The van der Waals surface area contributed by atoms with Gasteiger partial charge in [0, 0.05) is 38.9 Å². The normalized spacial score (nSPS) is 15.2. The first kappa shape index (κ1) is 24.2. The molecule has 0 saturated carbocycles. The molecule has 1 fully saturated rings. The van der Waals surface area contributed by atoms with E-state index in [1.807, 2.05) is 4.90 Å². The molecule has 0 aliphatic carbocycles. The Hall–Kier alpha value is -2.91. The molecule has 0 atom stereocenters. The van der Waals surface area contributed by atoms with Crippen molar-refractivity contribution in [3.05, 3.63) is 80.9 Å². The maximum absolute atomic E-state index is 12.8. The summed E-state index contributed by atoms with van der Waals surface area (Å²) in [5.74, 6) is 0.473. The second-order valence-corrected chi connectivity index (χ2v) is 9.00. The lowest BCUT2D eigenvalue weighted by atomic mass is 10.0. The number of hydrogen-bond acceptors (Lipinski definition) is 5. The van der Waals surface area contributed by atoms with Gasteiger partial charge < -0.3 is 4.90 Å². The van der Waals surface area contributed by atoms with E-state index in [1.54, 1.807) is 0 Å². The standard InChI is InChI=1S/C24H25ClF3N5O/c1-16(2)18-5-3-17(4-6-18)15-31-9-11-32(12-10-31)20-14-30-33(23(34)22(20)25)21-8-7-19(13-29-21)24(26,27)28/h3-8,13-14,16H,9-12,15H2,1-2H3. The first-order valence-corrected chi connectivity index (χ1v) is 11.4. The predicted octanol–water partition coefficient (Wildman–Crippen LogP) is 4.75. The van der Waals surface area contributed by atoms with Gasteiger partial charge in [0.15, 0.2) is 5.82 Å². The van der Waals surface area contributed by atoms with E-state index >= 15 is 0 Å². The van der Waals surface area contributed by atoms with Crippen molar-refractivity contribution in [2.45, 2.75) is 32.5 Å². The lowest BCUT2D eigenvalue weighted by Gasteiger charge is -2.36. The minimum absolute atomic E-state index is 0.0280. The molecule has 3 heterocycles. The highest BCUT2D eigenvalue weighted by Crippen LogP contribution is 2.29. The van der Waals surface area contributed by atoms with Crippen molar-refractivity contribution in [3.63, 3.8) is 0 Å². The van der Waals surface area contributed by atoms with Gasteiger partial charge in [-0.3, -0.25) is 9.69 Å². The third-order valence-electron chi connectivity index (χ3n) is 5.96. The van der Waals surface area contributed by atoms with E-state index in [0.717, 1.165) is 36.4 Å². The zero-order chi connectivity index (χ0) is 24.5. The molecule has 1 aliphatic rings. The Morgan fingerprint density at radius 2 is 1.68 bits per heavy atom. The molecule has 2 aromatic heterocycles. The second kappa shape index (κ2) is 9.76. The van der Waals surface area contributed by atoms with E-state index in [0.29, 0.717) is 30.9 Å². The van der Waals surface area contributed by atoms with Crippen LogP contribution in [0, 0.1) is 0 Å². The number of piperazine rings is 1. The topological polar surface area (TPSA) is 54.3 Å². The summed E-state index contributed by atoms with van der Waals surface area (Å²) in [5, 5.41) is 4.07. The number of rotatable bonds is 5. The SMILES string of the molecule is CC(C)c1ccc(CN2CCN(c3cnn(-c4ccc(C(F)(F)F)cn4)c(=O)c3Cl)CC2)cc1. The first-order valence-electron chi connectivity index (χ1n) is 11.0. The Morgan fingerprint density at radius 3 is 2.24 bits per heavy atom. The van der Waals surface area contributed by atoms with Crippen LogP contribution in [-0.4, -0.2) is 45.8 Å². The number of benzene rings is 1. The second-order valence-electron chi connectivity index (χ2n) is 8.62. The van der Waals surface area contributed by atoms with Crippen molar-refractivity contribution >= 4 is 17.3 Å². The summed E-state index contributed by atoms with van der Waals surface area (Å²) in [6, 6.07) is 10.6. The number of anilines is 1. The van der Waals surface area contributed by atoms with Crippen molar-refractivity contribution in [1.29, 1.82) is 0 Å². The van der Waals surface area contributed by atoms with Crippen LogP contribution in [0.2, 0.25) is 5.02 Å². The van der Waals surface area contributed by atoms with Crippen molar-refractivity contribution in [3.8, 4) is 5.82 Å². The number of aromatic nitrogens is 3. The van der Waals surface area contributed by atoms with Crippen LogP contribution >= 0.6 is 11.6 Å². The van der Waals surface area contributed by atoms with Gasteiger partial charge >= 0.3 is 6.18 Å². The van der Waals surface area contributed by atoms with Gasteiger partial charge in [-0.2, -0.15) is 23.0 Å². The Bertz CT molecular complexity index is 1190. The monoisotopic (exact) mass is 491 g/mol. The highest BCUT2D eigenvalue weighted by atomic mass is 35.5. The predicted molar refractivity (Wildman–Crippen MR) is 126 cm³/mol. The largest absolute Gasteiger partial charge is 0.417 e. The average Bonchev–Trinajstić information content (AvgIpc) is 2.81. The smallest absolute Gasteiger partial charge is 0.366 e. The quantitative estimate of drug-likeness (QED) is 0.516. The van der Waals surface area contributed by atoms with Crippen LogP contribution in [-0.2, 0) is 12.7 Å². The lowest BCUT2D eigenvalue weighted by molar-refractivity contribution is -0.137. The molecule has 3 aromatic rings. The summed E-state index contributed by atoms with van der Waals surface area (Å²) >= 11 is 6.36. The third-order valence-corrected chi connectivity index (χ3v) is 6.31. The van der Waals surface area contributed by atoms with Crippen molar-refractivity contribution in [2.75, 3.05) is 31.1 Å². The molecule has 0 radical (unpaired) electrons. The fourth-order valence-electron chi connectivity index (χ4n) is 3.90. The van der Waals surface area contributed by atoms with E-state index in [1.165, 1.54) is 17.3 Å². The molecule has 0 amide bonds. The van der Waals surface area contributed by atoms with Crippen molar-refractivity contribution in [2.24, 2.45) is 0 Å². The summed E-state index contributed by atoms with van der Waals surface area (Å²) in [7, 11) is 0. The number of pyridine rings is 1. The van der Waals surface area contributed by atoms with E-state index in [4.69, 9.17) is 11.6 Å². The maximum Gasteiger partial charge on any atom is 0.417 e. The summed E-state index contributed by atoms with van der Waals surface area (Å²) in [6.07, 6.45) is -2.38. The van der Waals surface area contributed by atoms with Crippen LogP contribution in [0.4, 0.5) is 18.9 Å².